The van der Waals surface area contributed by atoms with Gasteiger partial charge < -0.3 is 11.0 Å². The minimum absolute atomic E-state index is 0. The summed E-state index contributed by atoms with van der Waals surface area (Å²) in [6.45, 7) is 5.42. The van der Waals surface area contributed by atoms with Gasteiger partial charge in [0.15, 0.2) is 0 Å². The summed E-state index contributed by atoms with van der Waals surface area (Å²) in [5, 5.41) is 1.17. The third kappa shape index (κ3) is 0.391. The second-order valence-corrected chi connectivity index (χ2v) is 3.10. The summed E-state index contributed by atoms with van der Waals surface area (Å²) in [4.78, 5) is 0. The summed E-state index contributed by atoms with van der Waals surface area (Å²) in [6.07, 6.45) is 0. The maximum Gasteiger partial charge on any atom is 4.00 e. The van der Waals surface area contributed by atoms with Crippen molar-refractivity contribution in [1.82, 2.24) is 0 Å². The number of hydrogen-bond acceptors (Lipinski definition) is 0. The fraction of sp³-hybridized carbons (Fsp3) is 1.00. The summed E-state index contributed by atoms with van der Waals surface area (Å²) < 4.78 is 0. The summed E-state index contributed by atoms with van der Waals surface area (Å²) in [5.74, 6) is 0. The predicted octanol–water partition coefficient (Wildman–Crippen LogP) is -0.912. The quantitative estimate of drug-likeness (QED) is 0.402. The molecule has 2 nitrogen and oxygen atoms in total. The molecule has 0 aliphatic carbocycles. The van der Waals surface area contributed by atoms with Crippen molar-refractivity contribution >= 4 is 26.0 Å². The third-order valence-electron chi connectivity index (χ3n) is 3.42. The van der Waals surface area contributed by atoms with Gasteiger partial charge in [-0.1, -0.05) is 7.43 Å². The van der Waals surface area contributed by atoms with Gasteiger partial charge in [0.05, 0.1) is 0 Å². The van der Waals surface area contributed by atoms with E-state index < -0.39 is 0 Å². The Kier molecular flexibility index (Phi) is 1.71. The topological polar surface area (TPSA) is 57.0 Å². The van der Waals surface area contributed by atoms with Crippen LogP contribution in [0.2, 0.25) is 5.01 Å². The van der Waals surface area contributed by atoms with Gasteiger partial charge in [-0.15, -0.1) is 0 Å². The van der Waals surface area contributed by atoms with Crippen molar-refractivity contribution in [3.8, 4) is 0 Å². The first-order chi connectivity index (χ1) is 2.49. The Morgan fingerprint density at radius 1 is 0.778 bits per heavy atom. The Morgan fingerprint density at radius 2 is 0.889 bits per heavy atom. The molecule has 0 bridgehead atoms. The largest absolute Gasteiger partial charge is 4.00 e. The Balaban J connectivity index is 0.000000160. The molecular formula is C2H4B4O2Ti. The molecule has 4 aliphatic rings. The zero-order chi connectivity index (χ0) is 2.81. The second kappa shape index (κ2) is 1.55. The molecular weight excluding hydrogens is 147 g/mol. The minimum Gasteiger partial charge on any atom is -2.00 e. The van der Waals surface area contributed by atoms with Crippen LogP contribution in [-0.4, -0.2) is 26.0 Å². The van der Waals surface area contributed by atoms with Crippen molar-refractivity contribution < 1.29 is 32.7 Å². The van der Waals surface area contributed by atoms with Gasteiger partial charge in [-0.05, 0) is 0 Å². The van der Waals surface area contributed by atoms with Crippen LogP contribution in [0, 0.1) is 0 Å². The third-order valence-corrected chi connectivity index (χ3v) is 3.42. The van der Waals surface area contributed by atoms with E-state index in [0.717, 1.165) is 0 Å². The van der Waals surface area contributed by atoms with E-state index >= 15 is 0 Å². The van der Waals surface area contributed by atoms with Crippen LogP contribution >= 0.6 is 0 Å². The van der Waals surface area contributed by atoms with Gasteiger partial charge in [0.25, 0.3) is 0 Å². The van der Waals surface area contributed by atoms with E-state index in [4.69, 9.17) is 0 Å². The normalized spacial score (nSPS) is 26.7. The summed E-state index contributed by atoms with van der Waals surface area (Å²) in [7, 11) is 0. The van der Waals surface area contributed by atoms with Crippen LogP contribution in [0.3, 0.4) is 0 Å². The molecule has 0 aromatic carbocycles. The van der Waals surface area contributed by atoms with Crippen LogP contribution in [-0.2, 0) is 32.7 Å². The monoisotopic (exact) mass is 152 g/mol. The van der Waals surface area contributed by atoms with Gasteiger partial charge in [-0.3, -0.25) is 0 Å². The Labute approximate surface area is 71.3 Å². The molecule has 9 heavy (non-hydrogen) atoms. The predicted molar refractivity (Wildman–Crippen MR) is 33.8 cm³/mol. The van der Waals surface area contributed by atoms with Crippen molar-refractivity contribution in [2.45, 2.75) is 12.4 Å². The van der Waals surface area contributed by atoms with E-state index in [0.29, 0.717) is 0 Å². The summed E-state index contributed by atoms with van der Waals surface area (Å²) in [6, 6.07) is 0. The number of hydrogen-bond donors (Lipinski definition) is 0. The van der Waals surface area contributed by atoms with Crippen LogP contribution in [0.4, 0.5) is 0 Å². The van der Waals surface area contributed by atoms with E-state index in [1.807, 2.05) is 0 Å². The van der Waals surface area contributed by atoms with Crippen molar-refractivity contribution in [1.29, 1.82) is 0 Å². The van der Waals surface area contributed by atoms with Crippen LogP contribution in [0.15, 0.2) is 0 Å². The first-order valence-electron chi connectivity index (χ1n) is 2.49. The van der Waals surface area contributed by atoms with E-state index in [9.17, 15) is 0 Å². The van der Waals surface area contributed by atoms with Crippen LogP contribution in [0.25, 0.3) is 0 Å². The van der Waals surface area contributed by atoms with Crippen molar-refractivity contribution in [3.63, 3.8) is 0 Å². The fourth-order valence-electron chi connectivity index (χ4n) is 2.66. The summed E-state index contributed by atoms with van der Waals surface area (Å²) >= 11 is 0. The van der Waals surface area contributed by atoms with Gasteiger partial charge in [0.1, 0.15) is 0 Å². The molecule has 4 heterocycles. The van der Waals surface area contributed by atoms with Gasteiger partial charge in [0, 0.05) is 26.0 Å². The van der Waals surface area contributed by atoms with Gasteiger partial charge in [-0.25, -0.2) is 0 Å². The number of rotatable bonds is 0. The molecule has 4 fully saturated rings. The zero-order valence-corrected chi connectivity index (χ0v) is 5.69. The SMILES string of the molecule is B12B3B4B1C234.C.[O-2].[O-2].[Ti+4]. The van der Waals surface area contributed by atoms with Gasteiger partial charge in [-0.2, -0.15) is 5.01 Å². The molecule has 4 aliphatic heterocycles. The molecule has 1 spiro atoms. The molecule has 0 saturated carbocycles. The minimum atomic E-state index is 0. The molecule has 0 amide bonds. The smallest absolute Gasteiger partial charge is 2.00 e. The van der Waals surface area contributed by atoms with Crippen molar-refractivity contribution in [2.75, 3.05) is 0 Å². The molecule has 7 heteroatoms. The van der Waals surface area contributed by atoms with Crippen molar-refractivity contribution in [3.05, 3.63) is 0 Å². The van der Waals surface area contributed by atoms with Gasteiger partial charge in [0.2, 0.25) is 0 Å². The Bertz CT molecular complexity index is 119. The van der Waals surface area contributed by atoms with Crippen LogP contribution in [0.5, 0.6) is 0 Å². The first kappa shape index (κ1) is 9.89. The molecule has 0 unspecified atom stereocenters. The second-order valence-electron chi connectivity index (χ2n) is 3.10. The standard InChI is InChI=1S/CB4.CH4.2O.Ti/c2-1-3(2)5(1)4(1)2;;;;/h;1H4;;;/q;;2*-2;+4. The van der Waals surface area contributed by atoms with E-state index in [2.05, 4.69) is 0 Å². The van der Waals surface area contributed by atoms with E-state index in [1.165, 1.54) is 31.0 Å². The molecule has 0 aromatic rings. The van der Waals surface area contributed by atoms with E-state index in [1.54, 1.807) is 0 Å². The zero-order valence-electron chi connectivity index (χ0n) is 4.13. The molecule has 40 valence electrons. The average Bonchev–Trinajstić information content (AvgIpc) is 1.26. The molecule has 0 N–H and O–H groups in total. The average molecular weight is 151 g/mol. The molecule has 4 rings (SSSR count). The van der Waals surface area contributed by atoms with Crippen molar-refractivity contribution in [2.24, 2.45) is 0 Å². The molecule has 0 atom stereocenters. The fourth-order valence-corrected chi connectivity index (χ4v) is 2.66. The first-order valence-corrected chi connectivity index (χ1v) is 2.49. The Hall–Kier alpha value is 0.894. The number of fused-ring (bicyclic) bond motifs is 4. The maximum absolute atomic E-state index is 1.35. The van der Waals surface area contributed by atoms with Crippen LogP contribution in [0.1, 0.15) is 7.43 Å². The summed E-state index contributed by atoms with van der Waals surface area (Å²) in [5.41, 5.74) is 0. The Morgan fingerprint density at radius 3 is 0.889 bits per heavy atom. The van der Waals surface area contributed by atoms with E-state index in [-0.39, 0.29) is 40.1 Å². The molecule has 0 aromatic heterocycles. The molecule has 0 radical (unpaired) electrons. The van der Waals surface area contributed by atoms with Crippen LogP contribution < -0.4 is 0 Å². The van der Waals surface area contributed by atoms with Gasteiger partial charge >= 0.3 is 21.7 Å². The molecule has 4 saturated heterocycles. The maximum atomic E-state index is 1.35.